The average Bonchev–Trinajstić information content (AvgIpc) is 2.72. The van der Waals surface area contributed by atoms with Crippen molar-refractivity contribution >= 4 is 15.9 Å². The number of hydrogen-bond donors (Lipinski definition) is 1. The van der Waals surface area contributed by atoms with Crippen molar-refractivity contribution in [3.05, 3.63) is 24.3 Å². The van der Waals surface area contributed by atoms with Gasteiger partial charge in [0.25, 0.3) is 0 Å². The Kier molecular flexibility index (Phi) is 7.47. The van der Waals surface area contributed by atoms with Crippen LogP contribution in [0.4, 0.5) is 0 Å². The number of piperazine rings is 1. The molecule has 0 aromatic heterocycles. The molecule has 1 fully saturated rings. The number of hydrogen-bond acceptors (Lipinski definition) is 5. The summed E-state index contributed by atoms with van der Waals surface area (Å²) in [6.07, 6.45) is 6.92. The summed E-state index contributed by atoms with van der Waals surface area (Å²) in [5, 5.41) is 2.94. The largest absolute Gasteiger partial charge is 0.497 e. The molecule has 1 amide bonds. The van der Waals surface area contributed by atoms with Crippen molar-refractivity contribution in [2.24, 2.45) is 0 Å². The molecule has 1 aliphatic heterocycles. The first-order chi connectivity index (χ1) is 13.3. The molecule has 1 saturated heterocycles. The molecule has 7 nitrogen and oxygen atoms in total. The summed E-state index contributed by atoms with van der Waals surface area (Å²) in [4.78, 5) is 14.6. The minimum atomic E-state index is -3.56. The fraction of sp³-hybridized carbons (Fsp3) is 0.550. The molecule has 8 heteroatoms. The number of sulfonamides is 1. The maximum absolute atomic E-state index is 12.8. The van der Waals surface area contributed by atoms with Crippen LogP contribution in [0, 0.1) is 12.3 Å². The minimum absolute atomic E-state index is 0.131. The summed E-state index contributed by atoms with van der Waals surface area (Å²) in [6.45, 7) is 5.76. The van der Waals surface area contributed by atoms with E-state index in [1.54, 1.807) is 24.3 Å². The van der Waals surface area contributed by atoms with Gasteiger partial charge >= 0.3 is 0 Å². The molecule has 0 saturated carbocycles. The smallest absolute Gasteiger partial charge is 0.243 e. The molecule has 1 aromatic rings. The van der Waals surface area contributed by atoms with Crippen LogP contribution < -0.4 is 10.1 Å². The van der Waals surface area contributed by atoms with Gasteiger partial charge in [-0.15, -0.1) is 6.42 Å². The molecule has 0 bridgehead atoms. The average molecular weight is 408 g/mol. The molecule has 0 radical (unpaired) electrons. The lowest BCUT2D eigenvalue weighted by Gasteiger charge is -2.34. The van der Waals surface area contributed by atoms with Gasteiger partial charge < -0.3 is 10.1 Å². The van der Waals surface area contributed by atoms with E-state index in [9.17, 15) is 13.2 Å². The second kappa shape index (κ2) is 9.41. The van der Waals surface area contributed by atoms with Gasteiger partial charge in [-0.2, -0.15) is 4.31 Å². The Balaban J connectivity index is 1.93. The highest BCUT2D eigenvalue weighted by atomic mass is 32.2. The minimum Gasteiger partial charge on any atom is -0.497 e. The Bertz CT molecular complexity index is 803. The second-order valence-corrected chi connectivity index (χ2v) is 8.78. The third-order valence-electron chi connectivity index (χ3n) is 5.26. The van der Waals surface area contributed by atoms with Crippen molar-refractivity contribution in [2.45, 2.75) is 37.1 Å². The zero-order valence-electron chi connectivity index (χ0n) is 16.8. The van der Waals surface area contributed by atoms with E-state index in [0.29, 0.717) is 44.8 Å². The molecule has 154 valence electrons. The van der Waals surface area contributed by atoms with E-state index in [1.165, 1.54) is 11.4 Å². The third-order valence-corrected chi connectivity index (χ3v) is 7.17. The normalized spacial score (nSPS) is 16.4. The van der Waals surface area contributed by atoms with Crippen molar-refractivity contribution in [2.75, 3.05) is 39.8 Å². The van der Waals surface area contributed by atoms with Gasteiger partial charge in [0.15, 0.2) is 0 Å². The Hall–Kier alpha value is -2.08. The lowest BCUT2D eigenvalue weighted by molar-refractivity contribution is -0.123. The highest BCUT2D eigenvalue weighted by Gasteiger charge is 2.30. The predicted molar refractivity (Wildman–Crippen MR) is 108 cm³/mol. The Morgan fingerprint density at radius 2 is 1.75 bits per heavy atom. The van der Waals surface area contributed by atoms with E-state index in [-0.39, 0.29) is 17.3 Å². The van der Waals surface area contributed by atoms with E-state index in [0.717, 1.165) is 0 Å². The third kappa shape index (κ3) is 5.04. The summed E-state index contributed by atoms with van der Waals surface area (Å²) >= 11 is 0. The Morgan fingerprint density at radius 3 is 2.21 bits per heavy atom. The van der Waals surface area contributed by atoms with Gasteiger partial charge in [0.1, 0.15) is 11.3 Å². The number of nitrogens with zero attached hydrogens (tertiary/aromatic N) is 2. The van der Waals surface area contributed by atoms with E-state index in [1.807, 2.05) is 18.7 Å². The first-order valence-corrected chi connectivity index (χ1v) is 10.9. The molecule has 1 heterocycles. The van der Waals surface area contributed by atoms with Gasteiger partial charge in [0, 0.05) is 26.2 Å². The molecular formula is C20H29N3O4S. The van der Waals surface area contributed by atoms with Crippen molar-refractivity contribution < 1.29 is 17.9 Å². The van der Waals surface area contributed by atoms with Crippen LogP contribution in [-0.2, 0) is 14.8 Å². The van der Waals surface area contributed by atoms with Crippen LogP contribution in [-0.4, -0.2) is 68.9 Å². The molecule has 0 spiro atoms. The number of methoxy groups -OCH3 is 1. The van der Waals surface area contributed by atoms with Gasteiger partial charge in [-0.3, -0.25) is 9.69 Å². The van der Waals surface area contributed by atoms with Gasteiger partial charge in [-0.05, 0) is 37.1 Å². The lowest BCUT2D eigenvalue weighted by atomic mass is 9.94. The van der Waals surface area contributed by atoms with E-state index < -0.39 is 15.6 Å². The first-order valence-electron chi connectivity index (χ1n) is 9.45. The lowest BCUT2D eigenvalue weighted by Crippen LogP contribution is -2.54. The highest BCUT2D eigenvalue weighted by Crippen LogP contribution is 2.20. The summed E-state index contributed by atoms with van der Waals surface area (Å²) < 4.78 is 32.1. The molecule has 1 N–H and O–H groups in total. The topological polar surface area (TPSA) is 79.0 Å². The SMILES string of the molecule is C#CC(CC)(CC)NC(=O)CN1CCN(S(=O)(=O)c2ccc(OC)cc2)CC1. The molecule has 28 heavy (non-hydrogen) atoms. The Morgan fingerprint density at radius 1 is 1.18 bits per heavy atom. The first kappa shape index (κ1) is 22.2. The number of nitrogens with one attached hydrogen (secondary N) is 1. The van der Waals surface area contributed by atoms with Gasteiger partial charge in [0.2, 0.25) is 15.9 Å². The van der Waals surface area contributed by atoms with Crippen molar-refractivity contribution in [1.29, 1.82) is 0 Å². The quantitative estimate of drug-likeness (QED) is 0.658. The number of rotatable bonds is 8. The molecule has 2 rings (SSSR count). The molecule has 0 unspecified atom stereocenters. The zero-order chi connectivity index (χ0) is 20.8. The number of ether oxygens (including phenoxy) is 1. The van der Waals surface area contributed by atoms with Crippen LogP contribution in [0.2, 0.25) is 0 Å². The number of benzene rings is 1. The number of terminal acetylenes is 1. The van der Waals surface area contributed by atoms with Crippen LogP contribution >= 0.6 is 0 Å². The molecule has 1 aliphatic rings. The van der Waals surface area contributed by atoms with E-state index in [4.69, 9.17) is 11.2 Å². The van der Waals surface area contributed by atoms with Crippen LogP contribution in [0.1, 0.15) is 26.7 Å². The standard InChI is InChI=1S/C20H29N3O4S/c1-5-20(6-2,7-3)21-19(24)16-22-12-14-23(15-13-22)28(25,26)18-10-8-17(27-4)9-11-18/h1,8-11H,6-7,12-16H2,2-4H3,(H,21,24). The fourth-order valence-corrected chi connectivity index (χ4v) is 4.62. The predicted octanol–water partition coefficient (Wildman–Crippen LogP) is 1.31. The van der Waals surface area contributed by atoms with Crippen LogP contribution in [0.3, 0.4) is 0 Å². The second-order valence-electron chi connectivity index (χ2n) is 6.84. The van der Waals surface area contributed by atoms with Gasteiger partial charge in [-0.25, -0.2) is 8.42 Å². The van der Waals surface area contributed by atoms with Gasteiger partial charge in [-0.1, -0.05) is 19.8 Å². The van der Waals surface area contributed by atoms with Crippen LogP contribution in [0.5, 0.6) is 5.75 Å². The number of carbonyl (C=O) groups is 1. The van der Waals surface area contributed by atoms with E-state index in [2.05, 4.69) is 11.2 Å². The zero-order valence-corrected chi connectivity index (χ0v) is 17.6. The highest BCUT2D eigenvalue weighted by molar-refractivity contribution is 7.89. The van der Waals surface area contributed by atoms with Crippen molar-refractivity contribution in [3.8, 4) is 18.1 Å². The number of amides is 1. The van der Waals surface area contributed by atoms with Gasteiger partial charge in [0.05, 0.1) is 18.6 Å². The Labute approximate surface area is 168 Å². The monoisotopic (exact) mass is 407 g/mol. The molecular weight excluding hydrogens is 378 g/mol. The van der Waals surface area contributed by atoms with Crippen molar-refractivity contribution in [1.82, 2.24) is 14.5 Å². The molecule has 0 aliphatic carbocycles. The summed E-state index contributed by atoms with van der Waals surface area (Å²) in [7, 11) is -2.02. The van der Waals surface area contributed by atoms with E-state index >= 15 is 0 Å². The maximum atomic E-state index is 12.8. The maximum Gasteiger partial charge on any atom is 0.243 e. The summed E-state index contributed by atoms with van der Waals surface area (Å²) in [5.41, 5.74) is -0.614. The number of carbonyl (C=O) groups excluding carboxylic acids is 1. The summed E-state index contributed by atoms with van der Waals surface area (Å²) in [6, 6.07) is 6.35. The van der Waals surface area contributed by atoms with Crippen LogP contribution in [0.25, 0.3) is 0 Å². The molecule has 1 aromatic carbocycles. The summed E-state index contributed by atoms with van der Waals surface area (Å²) in [5.74, 6) is 3.17. The van der Waals surface area contributed by atoms with Crippen molar-refractivity contribution in [3.63, 3.8) is 0 Å². The molecule has 0 atom stereocenters. The fourth-order valence-electron chi connectivity index (χ4n) is 3.20. The van der Waals surface area contributed by atoms with Crippen LogP contribution in [0.15, 0.2) is 29.2 Å².